The molecule has 0 aliphatic carbocycles. The third-order valence-electron chi connectivity index (χ3n) is 5.00. The summed E-state index contributed by atoms with van der Waals surface area (Å²) in [5.74, 6) is 0.0683. The molecule has 0 radical (unpaired) electrons. The number of rotatable bonds is 4. The number of halogens is 1. The number of hydrogen-bond acceptors (Lipinski definition) is 3. The van der Waals surface area contributed by atoms with Gasteiger partial charge in [0, 0.05) is 26.2 Å². The summed E-state index contributed by atoms with van der Waals surface area (Å²) in [4.78, 5) is 16.7. The van der Waals surface area contributed by atoms with E-state index in [-0.39, 0.29) is 17.8 Å². The van der Waals surface area contributed by atoms with Crippen molar-refractivity contribution in [3.8, 4) is 0 Å². The normalized spacial score (nSPS) is 16.3. The Bertz CT molecular complexity index is 870. The molecule has 1 fully saturated rings. The average molecular weight is 364 g/mol. The fourth-order valence-electron chi connectivity index (χ4n) is 3.63. The van der Waals surface area contributed by atoms with Crippen LogP contribution in [0, 0.1) is 5.82 Å². The second kappa shape index (κ2) is 7.76. The van der Waals surface area contributed by atoms with Gasteiger partial charge in [0.15, 0.2) is 5.76 Å². The number of furan rings is 1. The molecule has 4 nitrogen and oxygen atoms in total. The van der Waals surface area contributed by atoms with Gasteiger partial charge >= 0.3 is 0 Å². The lowest BCUT2D eigenvalue weighted by Gasteiger charge is -2.39. The van der Waals surface area contributed by atoms with Gasteiger partial charge < -0.3 is 9.32 Å². The van der Waals surface area contributed by atoms with Crippen LogP contribution >= 0.6 is 0 Å². The number of benzene rings is 2. The lowest BCUT2D eigenvalue weighted by Crippen LogP contribution is -2.49. The first-order chi connectivity index (χ1) is 13.2. The van der Waals surface area contributed by atoms with E-state index in [0.717, 1.165) is 24.2 Å². The molecule has 0 bridgehead atoms. The van der Waals surface area contributed by atoms with E-state index >= 15 is 0 Å². The van der Waals surface area contributed by atoms with E-state index in [0.29, 0.717) is 18.8 Å². The highest BCUT2D eigenvalue weighted by Gasteiger charge is 2.29. The summed E-state index contributed by atoms with van der Waals surface area (Å²) in [6.07, 6.45) is 1.52. The standard InChI is InChI=1S/C22H21FN2O2/c23-19-10-8-18(9-11-19)21(17-5-2-1-3-6-17)24-12-14-25(15-13-24)22(26)20-7-4-16-27-20/h1-11,16,21H,12-15H2. The van der Waals surface area contributed by atoms with E-state index < -0.39 is 0 Å². The van der Waals surface area contributed by atoms with Crippen LogP contribution in [0.4, 0.5) is 4.39 Å². The number of nitrogens with zero attached hydrogens (tertiary/aromatic N) is 2. The summed E-state index contributed by atoms with van der Waals surface area (Å²) in [5.41, 5.74) is 2.21. The Hall–Kier alpha value is -2.92. The van der Waals surface area contributed by atoms with Crippen molar-refractivity contribution in [1.82, 2.24) is 9.80 Å². The molecule has 0 N–H and O–H groups in total. The summed E-state index contributed by atoms with van der Waals surface area (Å²) in [5, 5.41) is 0. The van der Waals surface area contributed by atoms with Crippen LogP contribution in [0.1, 0.15) is 27.7 Å². The molecule has 1 aromatic heterocycles. The third kappa shape index (κ3) is 3.78. The van der Waals surface area contributed by atoms with Gasteiger partial charge in [-0.3, -0.25) is 9.69 Å². The van der Waals surface area contributed by atoms with Crippen LogP contribution in [-0.2, 0) is 0 Å². The fraction of sp³-hybridized carbons (Fsp3) is 0.227. The molecule has 1 saturated heterocycles. The molecule has 3 aromatic rings. The molecule has 2 aromatic carbocycles. The molecule has 0 spiro atoms. The second-order valence-electron chi connectivity index (χ2n) is 6.67. The van der Waals surface area contributed by atoms with Crippen molar-refractivity contribution < 1.29 is 13.6 Å². The van der Waals surface area contributed by atoms with E-state index in [4.69, 9.17) is 4.42 Å². The highest BCUT2D eigenvalue weighted by atomic mass is 19.1. The van der Waals surface area contributed by atoms with Crippen molar-refractivity contribution in [2.45, 2.75) is 6.04 Å². The highest BCUT2D eigenvalue weighted by Crippen LogP contribution is 2.30. The predicted octanol–water partition coefficient (Wildman–Crippen LogP) is 3.97. The summed E-state index contributed by atoms with van der Waals surface area (Å²) >= 11 is 0. The van der Waals surface area contributed by atoms with Crippen LogP contribution in [-0.4, -0.2) is 41.9 Å². The highest BCUT2D eigenvalue weighted by molar-refractivity contribution is 5.91. The maximum absolute atomic E-state index is 13.4. The minimum atomic E-state index is -0.237. The Morgan fingerprint density at radius 2 is 1.52 bits per heavy atom. The Labute approximate surface area is 157 Å². The van der Waals surface area contributed by atoms with Crippen LogP contribution in [0.25, 0.3) is 0 Å². The van der Waals surface area contributed by atoms with Crippen molar-refractivity contribution in [3.05, 3.63) is 95.7 Å². The van der Waals surface area contributed by atoms with E-state index in [1.165, 1.54) is 18.4 Å². The van der Waals surface area contributed by atoms with E-state index in [2.05, 4.69) is 17.0 Å². The van der Waals surface area contributed by atoms with Gasteiger partial charge in [-0.2, -0.15) is 0 Å². The van der Waals surface area contributed by atoms with Crippen LogP contribution in [0.15, 0.2) is 77.4 Å². The molecular weight excluding hydrogens is 343 g/mol. The summed E-state index contributed by atoms with van der Waals surface area (Å²) in [6.45, 7) is 2.74. The van der Waals surface area contributed by atoms with E-state index in [1.54, 1.807) is 12.1 Å². The van der Waals surface area contributed by atoms with Crippen LogP contribution < -0.4 is 0 Å². The van der Waals surface area contributed by atoms with Gasteiger partial charge in [0.2, 0.25) is 0 Å². The molecule has 0 saturated carbocycles. The van der Waals surface area contributed by atoms with Gasteiger partial charge in [0.1, 0.15) is 5.82 Å². The van der Waals surface area contributed by atoms with Gasteiger partial charge in [-0.1, -0.05) is 42.5 Å². The second-order valence-corrected chi connectivity index (χ2v) is 6.67. The number of piperazine rings is 1. The lowest BCUT2D eigenvalue weighted by molar-refractivity contribution is 0.0567. The topological polar surface area (TPSA) is 36.7 Å². The molecule has 27 heavy (non-hydrogen) atoms. The molecule has 1 aliphatic heterocycles. The largest absolute Gasteiger partial charge is 0.459 e. The van der Waals surface area contributed by atoms with Crippen molar-refractivity contribution >= 4 is 5.91 Å². The third-order valence-corrected chi connectivity index (χ3v) is 5.00. The van der Waals surface area contributed by atoms with Crippen molar-refractivity contribution in [1.29, 1.82) is 0 Å². The first-order valence-electron chi connectivity index (χ1n) is 9.09. The molecule has 1 atom stereocenters. The first-order valence-corrected chi connectivity index (χ1v) is 9.09. The van der Waals surface area contributed by atoms with Gasteiger partial charge in [-0.15, -0.1) is 0 Å². The quantitative estimate of drug-likeness (QED) is 0.703. The molecule has 138 valence electrons. The van der Waals surface area contributed by atoms with Crippen molar-refractivity contribution in [2.75, 3.05) is 26.2 Å². The van der Waals surface area contributed by atoms with Crippen LogP contribution in [0.5, 0.6) is 0 Å². The van der Waals surface area contributed by atoms with Gasteiger partial charge in [0.05, 0.1) is 12.3 Å². The molecule has 5 heteroatoms. The van der Waals surface area contributed by atoms with Crippen molar-refractivity contribution in [3.63, 3.8) is 0 Å². The van der Waals surface area contributed by atoms with Crippen LogP contribution in [0.3, 0.4) is 0 Å². The van der Waals surface area contributed by atoms with E-state index in [9.17, 15) is 9.18 Å². The zero-order valence-corrected chi connectivity index (χ0v) is 14.9. The molecule has 4 rings (SSSR count). The Morgan fingerprint density at radius 3 is 2.15 bits per heavy atom. The van der Waals surface area contributed by atoms with Crippen LogP contribution in [0.2, 0.25) is 0 Å². The molecule has 1 amide bonds. The number of hydrogen-bond donors (Lipinski definition) is 0. The molecule has 2 heterocycles. The summed E-state index contributed by atoms with van der Waals surface area (Å²) < 4.78 is 18.6. The Kier molecular flexibility index (Phi) is 5.03. The summed E-state index contributed by atoms with van der Waals surface area (Å²) in [7, 11) is 0. The monoisotopic (exact) mass is 364 g/mol. The summed E-state index contributed by atoms with van der Waals surface area (Å²) in [6, 6.07) is 20.3. The smallest absolute Gasteiger partial charge is 0.289 e. The Morgan fingerprint density at radius 1 is 0.852 bits per heavy atom. The molecule has 1 unspecified atom stereocenters. The number of amides is 1. The minimum Gasteiger partial charge on any atom is -0.459 e. The maximum Gasteiger partial charge on any atom is 0.289 e. The van der Waals surface area contributed by atoms with Gasteiger partial charge in [-0.05, 0) is 35.4 Å². The van der Waals surface area contributed by atoms with Crippen molar-refractivity contribution in [2.24, 2.45) is 0 Å². The van der Waals surface area contributed by atoms with Gasteiger partial charge in [0.25, 0.3) is 5.91 Å². The first kappa shape index (κ1) is 17.5. The lowest BCUT2D eigenvalue weighted by atomic mass is 9.96. The SMILES string of the molecule is O=C(c1ccco1)N1CCN(C(c2ccccc2)c2ccc(F)cc2)CC1. The number of carbonyl (C=O) groups is 1. The average Bonchev–Trinajstić information content (AvgIpc) is 3.25. The molecular formula is C22H21FN2O2. The molecule has 1 aliphatic rings. The number of carbonyl (C=O) groups excluding carboxylic acids is 1. The van der Waals surface area contributed by atoms with Gasteiger partial charge in [-0.25, -0.2) is 4.39 Å². The zero-order valence-electron chi connectivity index (χ0n) is 14.9. The Balaban J connectivity index is 1.54. The zero-order chi connectivity index (χ0) is 18.6. The predicted molar refractivity (Wildman–Crippen MR) is 101 cm³/mol. The maximum atomic E-state index is 13.4. The fourth-order valence-corrected chi connectivity index (χ4v) is 3.63. The minimum absolute atomic E-state index is 0.0349. The van der Waals surface area contributed by atoms with E-state index in [1.807, 2.05) is 35.2 Å².